The van der Waals surface area contributed by atoms with Crippen molar-refractivity contribution in [3.63, 3.8) is 0 Å². The summed E-state index contributed by atoms with van der Waals surface area (Å²) >= 11 is 0. The predicted molar refractivity (Wildman–Crippen MR) is 109 cm³/mol. The smallest absolute Gasteiger partial charge is 0.222 e. The first kappa shape index (κ1) is 28.0. The van der Waals surface area contributed by atoms with Crippen LogP contribution in [0.5, 0.6) is 0 Å². The zero-order chi connectivity index (χ0) is 22.8. The molecule has 0 aliphatic heterocycles. The third-order valence-electron chi connectivity index (χ3n) is 4.12. The van der Waals surface area contributed by atoms with E-state index in [0.29, 0.717) is 6.54 Å². The van der Waals surface area contributed by atoms with E-state index in [1.54, 1.807) is 12.2 Å². The van der Waals surface area contributed by atoms with Crippen LogP contribution in [0.4, 0.5) is 0 Å². The lowest BCUT2D eigenvalue weighted by molar-refractivity contribution is 0.0915. The van der Waals surface area contributed by atoms with Gasteiger partial charge in [-0.25, -0.2) is 40.0 Å². The Hall–Kier alpha value is -3.26. The highest BCUT2D eigenvalue weighted by atomic mass is 16.1. The number of nitrogens with one attached hydrogen (secondary N) is 2. The van der Waals surface area contributed by atoms with Crippen LogP contribution in [-0.4, -0.2) is 36.9 Å². The number of hydrogen-bond acceptors (Lipinski definition) is 8. The highest BCUT2D eigenvalue weighted by molar-refractivity contribution is 5.34. The third kappa shape index (κ3) is 15.5. The molecule has 8 nitrogen and oxygen atoms in total. The molecule has 0 amide bonds. The second-order valence-electron chi connectivity index (χ2n) is 7.70. The van der Waals surface area contributed by atoms with Crippen LogP contribution in [0.25, 0.3) is 0 Å². The molecule has 0 radical (unpaired) electrons. The average molecular weight is 400 g/mol. The number of nitrogens with zero attached hydrogens (tertiary/aromatic N) is 2. The Morgan fingerprint density at radius 2 is 1.48 bits per heavy atom. The molecule has 0 heterocycles. The molecule has 156 valence electrons. The molecule has 0 spiro atoms. The van der Waals surface area contributed by atoms with Crippen molar-refractivity contribution in [1.82, 2.24) is 0 Å². The molecule has 1 aromatic rings. The normalized spacial score (nSPS) is 20.5. The minimum absolute atomic E-state index is 0.00750. The summed E-state index contributed by atoms with van der Waals surface area (Å²) in [6.45, 7) is 8.94. The summed E-state index contributed by atoms with van der Waals surface area (Å²) in [5.74, 6) is 0. The van der Waals surface area contributed by atoms with E-state index >= 15 is 0 Å². The van der Waals surface area contributed by atoms with Crippen molar-refractivity contribution in [2.24, 2.45) is 20.8 Å². The molecule has 1 fully saturated rings. The first-order chi connectivity index (χ1) is 13.6. The highest BCUT2D eigenvalue weighted by Gasteiger charge is 2.41. The number of carbonyl (C=O) groups excluding carboxylic acids is 4. The Morgan fingerprint density at radius 1 is 0.966 bits per heavy atom. The Balaban J connectivity index is 0. The zero-order valence-corrected chi connectivity index (χ0v) is 17.3. The maximum Gasteiger partial charge on any atom is 0.235 e. The molecule has 29 heavy (non-hydrogen) atoms. The van der Waals surface area contributed by atoms with Crippen molar-refractivity contribution < 1.29 is 19.2 Å². The summed E-state index contributed by atoms with van der Waals surface area (Å²) < 4.78 is 0. The van der Waals surface area contributed by atoms with Gasteiger partial charge in [-0.3, -0.25) is 0 Å². The molecule has 8 heteroatoms. The first-order valence-corrected chi connectivity index (χ1v) is 8.83. The summed E-state index contributed by atoms with van der Waals surface area (Å²) in [6, 6.07) is 10.3. The molecule has 2 atom stereocenters. The standard InChI is InChI=1S/C12H18N2O2.C7H8.2CHNO/c1-11(2)4-10(14-9-16)5-12(3,6-11)7-13-8-15;1-7-5-3-2-4-6-7;2*2-1-3/h10H,4-7H2,1-3H3;2-6H,1H3;2*2H. The van der Waals surface area contributed by atoms with E-state index in [9.17, 15) is 9.59 Å². The second kappa shape index (κ2) is 15.8. The molecule has 0 saturated heterocycles. The molecule has 2 N–H and O–H groups in total. The van der Waals surface area contributed by atoms with E-state index in [0.717, 1.165) is 31.4 Å². The SMILES string of the molecule is CC1(C)CC(N=C=O)CC(C)(CN=C=O)C1.Cc1ccccc1.N=C=O.N=C=O. The summed E-state index contributed by atoms with van der Waals surface area (Å²) in [4.78, 5) is 44.7. The van der Waals surface area contributed by atoms with E-state index in [-0.39, 0.29) is 16.9 Å². The van der Waals surface area contributed by atoms with Crippen LogP contribution in [-0.2, 0) is 19.2 Å². The number of aliphatic imine (C=N–C) groups is 2. The van der Waals surface area contributed by atoms with Crippen LogP contribution in [0.15, 0.2) is 40.3 Å². The van der Waals surface area contributed by atoms with Gasteiger partial charge in [-0.05, 0) is 37.0 Å². The van der Waals surface area contributed by atoms with Crippen molar-refractivity contribution in [1.29, 1.82) is 10.8 Å². The minimum atomic E-state index is -0.0653. The van der Waals surface area contributed by atoms with Crippen LogP contribution in [0, 0.1) is 28.6 Å². The summed E-state index contributed by atoms with van der Waals surface area (Å²) in [5.41, 5.74) is 1.38. The fourth-order valence-corrected chi connectivity index (χ4v) is 3.62. The van der Waals surface area contributed by atoms with Crippen molar-refractivity contribution in [2.75, 3.05) is 6.54 Å². The fourth-order valence-electron chi connectivity index (χ4n) is 3.62. The van der Waals surface area contributed by atoms with Gasteiger partial charge in [0.25, 0.3) is 0 Å². The third-order valence-corrected chi connectivity index (χ3v) is 4.12. The number of isocyanates is 4. The molecule has 1 aliphatic rings. The Morgan fingerprint density at radius 3 is 1.86 bits per heavy atom. The van der Waals surface area contributed by atoms with Gasteiger partial charge in [-0.2, -0.15) is 0 Å². The van der Waals surface area contributed by atoms with Gasteiger partial charge >= 0.3 is 0 Å². The Labute approximate surface area is 171 Å². The molecule has 1 saturated carbocycles. The van der Waals surface area contributed by atoms with E-state index in [2.05, 4.69) is 49.8 Å². The number of aryl methyl sites for hydroxylation is 1. The maximum atomic E-state index is 10.3. The van der Waals surface area contributed by atoms with Gasteiger partial charge in [0.05, 0.1) is 12.6 Å². The maximum absolute atomic E-state index is 10.3. The van der Waals surface area contributed by atoms with Gasteiger partial charge in [-0.1, -0.05) is 56.7 Å². The Bertz CT molecular complexity index is 742. The van der Waals surface area contributed by atoms with Crippen LogP contribution in [0.1, 0.15) is 45.6 Å². The molecular formula is C21H28N4O4. The van der Waals surface area contributed by atoms with Crippen molar-refractivity contribution in [2.45, 2.75) is 53.0 Å². The zero-order valence-electron chi connectivity index (χ0n) is 17.3. The lowest BCUT2D eigenvalue weighted by Gasteiger charge is -2.44. The van der Waals surface area contributed by atoms with Gasteiger partial charge < -0.3 is 0 Å². The van der Waals surface area contributed by atoms with Gasteiger partial charge in [0.15, 0.2) is 0 Å². The fraction of sp³-hybridized carbons (Fsp3) is 0.524. The lowest BCUT2D eigenvalue weighted by Crippen LogP contribution is -2.39. The summed E-state index contributed by atoms with van der Waals surface area (Å²) in [6.07, 6.45) is 7.38. The molecule has 0 bridgehead atoms. The second-order valence-corrected chi connectivity index (χ2v) is 7.70. The molecule has 2 unspecified atom stereocenters. The number of benzene rings is 1. The van der Waals surface area contributed by atoms with E-state index in [1.807, 2.05) is 18.2 Å². The quantitative estimate of drug-likeness (QED) is 0.583. The van der Waals surface area contributed by atoms with Crippen LogP contribution in [0.2, 0.25) is 0 Å². The van der Waals surface area contributed by atoms with Crippen molar-refractivity contribution in [3.8, 4) is 0 Å². The predicted octanol–water partition coefficient (Wildman–Crippen LogP) is 4.04. The lowest BCUT2D eigenvalue weighted by atomic mass is 9.63. The van der Waals surface area contributed by atoms with Crippen LogP contribution in [0.3, 0.4) is 0 Å². The molecule has 2 rings (SSSR count). The van der Waals surface area contributed by atoms with Gasteiger partial charge in [0.2, 0.25) is 24.3 Å². The molecular weight excluding hydrogens is 372 g/mol. The monoisotopic (exact) mass is 400 g/mol. The summed E-state index contributed by atoms with van der Waals surface area (Å²) in [5, 5.41) is 10.8. The Kier molecular flexibility index (Phi) is 15.2. The first-order valence-electron chi connectivity index (χ1n) is 8.83. The largest absolute Gasteiger partial charge is 0.235 e. The van der Waals surface area contributed by atoms with Crippen LogP contribution >= 0.6 is 0 Å². The number of hydrogen-bond donors (Lipinski definition) is 2. The topological polar surface area (TPSA) is 141 Å². The van der Waals surface area contributed by atoms with Gasteiger partial charge in [0, 0.05) is 0 Å². The van der Waals surface area contributed by atoms with Crippen LogP contribution < -0.4 is 0 Å². The van der Waals surface area contributed by atoms with Gasteiger partial charge in [-0.15, -0.1) is 0 Å². The highest BCUT2D eigenvalue weighted by Crippen LogP contribution is 2.47. The van der Waals surface area contributed by atoms with Crippen molar-refractivity contribution >= 4 is 24.3 Å². The van der Waals surface area contributed by atoms with E-state index < -0.39 is 0 Å². The number of rotatable bonds is 3. The van der Waals surface area contributed by atoms with Gasteiger partial charge in [0.1, 0.15) is 0 Å². The molecule has 0 aromatic heterocycles. The molecule has 1 aromatic carbocycles. The minimum Gasteiger partial charge on any atom is -0.222 e. The summed E-state index contributed by atoms with van der Waals surface area (Å²) in [7, 11) is 0. The van der Waals surface area contributed by atoms with Crippen molar-refractivity contribution in [3.05, 3.63) is 35.9 Å². The van der Waals surface area contributed by atoms with E-state index in [4.69, 9.17) is 20.4 Å². The average Bonchev–Trinajstić information content (AvgIpc) is 2.61. The van der Waals surface area contributed by atoms with E-state index in [1.165, 1.54) is 5.56 Å². The molecule has 1 aliphatic carbocycles.